The monoisotopic (exact) mass is 388 g/mol. The minimum Gasteiger partial charge on any atom is -0.494 e. The van der Waals surface area contributed by atoms with Crippen molar-refractivity contribution in [1.29, 1.82) is 0 Å². The average Bonchev–Trinajstić information content (AvgIpc) is 3.60. The third-order valence-corrected chi connectivity index (χ3v) is 4.64. The zero-order valence-corrected chi connectivity index (χ0v) is 15.9. The normalized spacial score (nSPS) is 12.9. The van der Waals surface area contributed by atoms with E-state index in [9.17, 15) is 9.59 Å². The van der Waals surface area contributed by atoms with Crippen molar-refractivity contribution in [2.75, 3.05) is 17.7 Å². The molecule has 3 aromatic rings. The first-order valence-corrected chi connectivity index (χ1v) is 9.32. The summed E-state index contributed by atoms with van der Waals surface area (Å²) in [5, 5.41) is 5.65. The van der Waals surface area contributed by atoms with Gasteiger partial charge in [0, 0.05) is 35.5 Å². The van der Waals surface area contributed by atoms with E-state index in [1.54, 1.807) is 24.4 Å². The predicted octanol–water partition coefficient (Wildman–Crippen LogP) is 3.75. The third kappa shape index (κ3) is 4.24. The number of hydrogen-bond acceptors (Lipinski definition) is 5. The van der Waals surface area contributed by atoms with Gasteiger partial charge < -0.3 is 15.4 Å². The molecule has 0 saturated heterocycles. The molecule has 4 rings (SSSR count). The quantitative estimate of drug-likeness (QED) is 0.671. The molecule has 1 aliphatic rings. The van der Waals surface area contributed by atoms with Gasteiger partial charge in [-0.05, 0) is 25.0 Å². The number of carbonyl (C=O) groups is 2. The van der Waals surface area contributed by atoms with Gasteiger partial charge in [0.1, 0.15) is 17.3 Å². The largest absolute Gasteiger partial charge is 0.494 e. The lowest BCUT2D eigenvalue weighted by Gasteiger charge is -2.14. The minimum atomic E-state index is -0.349. The number of methoxy groups -OCH3 is 1. The van der Waals surface area contributed by atoms with Crippen LogP contribution in [0.5, 0.6) is 5.75 Å². The van der Waals surface area contributed by atoms with Crippen LogP contribution in [0.4, 0.5) is 11.5 Å². The molecule has 0 spiro atoms. The molecule has 0 atom stereocenters. The number of anilines is 2. The molecule has 2 N–H and O–H groups in total. The highest BCUT2D eigenvalue weighted by molar-refractivity contribution is 6.07. The van der Waals surface area contributed by atoms with E-state index in [1.807, 2.05) is 30.3 Å². The summed E-state index contributed by atoms with van der Waals surface area (Å²) in [4.78, 5) is 33.4. The van der Waals surface area contributed by atoms with Crippen molar-refractivity contribution in [3.05, 3.63) is 66.5 Å². The molecule has 2 amide bonds. The van der Waals surface area contributed by atoms with Gasteiger partial charge in [-0.25, -0.2) is 4.98 Å². The molecule has 146 valence electrons. The Labute approximate surface area is 168 Å². The Morgan fingerprint density at radius 3 is 2.48 bits per heavy atom. The fourth-order valence-corrected chi connectivity index (χ4v) is 2.95. The number of hydrogen-bond donors (Lipinski definition) is 2. The summed E-state index contributed by atoms with van der Waals surface area (Å²) in [7, 11) is 1.54. The number of aromatic nitrogens is 2. The van der Waals surface area contributed by atoms with Gasteiger partial charge in [-0.15, -0.1) is 0 Å². The van der Waals surface area contributed by atoms with Gasteiger partial charge in [0.05, 0.1) is 12.8 Å². The van der Waals surface area contributed by atoms with Crippen molar-refractivity contribution in [3.63, 3.8) is 0 Å². The fourth-order valence-electron chi connectivity index (χ4n) is 2.95. The number of amides is 2. The zero-order valence-electron chi connectivity index (χ0n) is 15.9. The highest BCUT2D eigenvalue weighted by atomic mass is 16.5. The molecular weight excluding hydrogens is 368 g/mol. The lowest BCUT2D eigenvalue weighted by molar-refractivity contribution is -0.117. The maximum atomic E-state index is 12.9. The molecule has 1 saturated carbocycles. The lowest BCUT2D eigenvalue weighted by Crippen LogP contribution is -2.17. The first-order chi connectivity index (χ1) is 14.2. The van der Waals surface area contributed by atoms with Gasteiger partial charge in [-0.3, -0.25) is 14.6 Å². The van der Waals surface area contributed by atoms with Gasteiger partial charge in [-0.1, -0.05) is 30.3 Å². The van der Waals surface area contributed by atoms with Crippen LogP contribution < -0.4 is 15.4 Å². The van der Waals surface area contributed by atoms with Crippen LogP contribution in [0, 0.1) is 5.92 Å². The standard InChI is InChI=1S/C22H20N4O3/c1-29-17-10-12-24-19(14-5-3-2-4-6-14)20(17)26-22(28)16-9-11-23-18(13-16)25-21(27)15-7-8-15/h2-6,9-13,15H,7-8H2,1H3,(H,26,28)(H,23,25,27). The van der Waals surface area contributed by atoms with E-state index in [2.05, 4.69) is 20.6 Å². The molecule has 2 aromatic heterocycles. The zero-order chi connectivity index (χ0) is 20.2. The van der Waals surface area contributed by atoms with Crippen molar-refractivity contribution in [2.45, 2.75) is 12.8 Å². The van der Waals surface area contributed by atoms with E-state index in [0.29, 0.717) is 28.5 Å². The van der Waals surface area contributed by atoms with Crippen LogP contribution in [0.25, 0.3) is 11.3 Å². The summed E-state index contributed by atoms with van der Waals surface area (Å²) in [6, 6.07) is 14.4. The van der Waals surface area contributed by atoms with Crippen molar-refractivity contribution in [2.24, 2.45) is 5.92 Å². The highest BCUT2D eigenvalue weighted by Gasteiger charge is 2.29. The topological polar surface area (TPSA) is 93.2 Å². The fraction of sp³-hybridized carbons (Fsp3) is 0.182. The Kier molecular flexibility index (Phi) is 5.20. The molecular formula is C22H20N4O3. The van der Waals surface area contributed by atoms with Crippen LogP contribution in [0.15, 0.2) is 60.9 Å². The van der Waals surface area contributed by atoms with E-state index in [4.69, 9.17) is 4.74 Å². The molecule has 7 heteroatoms. The summed E-state index contributed by atoms with van der Waals surface area (Å²) < 4.78 is 5.43. The Hall–Kier alpha value is -3.74. The van der Waals surface area contributed by atoms with Gasteiger partial charge in [0.15, 0.2) is 0 Å². The Balaban J connectivity index is 1.61. The summed E-state index contributed by atoms with van der Waals surface area (Å²) in [6.07, 6.45) is 4.93. The summed E-state index contributed by atoms with van der Waals surface area (Å²) in [5.74, 6) is 0.509. The lowest BCUT2D eigenvalue weighted by atomic mass is 10.1. The second-order valence-electron chi connectivity index (χ2n) is 6.75. The molecule has 7 nitrogen and oxygen atoms in total. The van der Waals surface area contributed by atoms with E-state index in [0.717, 1.165) is 18.4 Å². The van der Waals surface area contributed by atoms with E-state index >= 15 is 0 Å². The molecule has 0 unspecified atom stereocenters. The Morgan fingerprint density at radius 2 is 1.76 bits per heavy atom. The summed E-state index contributed by atoms with van der Waals surface area (Å²) >= 11 is 0. The third-order valence-electron chi connectivity index (χ3n) is 4.64. The van der Waals surface area contributed by atoms with Crippen molar-refractivity contribution in [1.82, 2.24) is 9.97 Å². The van der Waals surface area contributed by atoms with Crippen molar-refractivity contribution >= 4 is 23.3 Å². The second kappa shape index (κ2) is 8.10. The molecule has 1 fully saturated rings. The van der Waals surface area contributed by atoms with E-state index in [-0.39, 0.29) is 17.7 Å². The second-order valence-corrected chi connectivity index (χ2v) is 6.75. The van der Waals surface area contributed by atoms with Crippen LogP contribution in [-0.2, 0) is 4.79 Å². The maximum absolute atomic E-state index is 12.9. The van der Waals surface area contributed by atoms with Crippen LogP contribution in [0.1, 0.15) is 23.2 Å². The maximum Gasteiger partial charge on any atom is 0.256 e. The van der Waals surface area contributed by atoms with Gasteiger partial charge in [-0.2, -0.15) is 0 Å². The number of pyridine rings is 2. The Bertz CT molecular complexity index is 1050. The first-order valence-electron chi connectivity index (χ1n) is 9.32. The number of nitrogens with one attached hydrogen (secondary N) is 2. The predicted molar refractivity (Wildman–Crippen MR) is 110 cm³/mol. The molecule has 0 radical (unpaired) electrons. The SMILES string of the molecule is COc1ccnc(-c2ccccc2)c1NC(=O)c1ccnc(NC(=O)C2CC2)c1. The summed E-state index contributed by atoms with van der Waals surface area (Å²) in [6.45, 7) is 0. The van der Waals surface area contributed by atoms with Crippen LogP contribution in [0.3, 0.4) is 0 Å². The van der Waals surface area contributed by atoms with Gasteiger partial charge in [0.2, 0.25) is 5.91 Å². The molecule has 1 aromatic carbocycles. The van der Waals surface area contributed by atoms with E-state index < -0.39 is 0 Å². The van der Waals surface area contributed by atoms with Crippen LogP contribution in [0.2, 0.25) is 0 Å². The number of ether oxygens (including phenoxy) is 1. The Morgan fingerprint density at radius 1 is 1.00 bits per heavy atom. The van der Waals surface area contributed by atoms with Gasteiger partial charge in [0.25, 0.3) is 5.91 Å². The average molecular weight is 388 g/mol. The summed E-state index contributed by atoms with van der Waals surface area (Å²) in [5.41, 5.74) is 2.31. The first kappa shape index (κ1) is 18.6. The number of carbonyl (C=O) groups excluding carboxylic acids is 2. The van der Waals surface area contributed by atoms with Crippen molar-refractivity contribution < 1.29 is 14.3 Å². The molecule has 1 aliphatic carbocycles. The van der Waals surface area contributed by atoms with E-state index in [1.165, 1.54) is 13.3 Å². The number of rotatable bonds is 6. The van der Waals surface area contributed by atoms with Crippen molar-refractivity contribution in [3.8, 4) is 17.0 Å². The molecule has 0 aliphatic heterocycles. The highest BCUT2D eigenvalue weighted by Crippen LogP contribution is 2.34. The van der Waals surface area contributed by atoms with Crippen LogP contribution >= 0.6 is 0 Å². The molecule has 2 heterocycles. The minimum absolute atomic E-state index is 0.0577. The number of benzene rings is 1. The van der Waals surface area contributed by atoms with Crippen LogP contribution in [-0.4, -0.2) is 28.9 Å². The molecule has 0 bridgehead atoms. The number of nitrogens with zero attached hydrogens (tertiary/aromatic N) is 2. The van der Waals surface area contributed by atoms with Gasteiger partial charge >= 0.3 is 0 Å². The smallest absolute Gasteiger partial charge is 0.256 e. The molecule has 29 heavy (non-hydrogen) atoms.